The monoisotopic (exact) mass is 497 g/mol. The maximum Gasteiger partial charge on any atom is 0.344 e. The Kier molecular flexibility index (Phi) is 6.90. The molecule has 0 N–H and O–H groups in total. The van der Waals surface area contributed by atoms with Crippen LogP contribution in [-0.4, -0.2) is 76.0 Å². The fraction of sp³-hybridized carbons (Fsp3) is 0.333. The molecule has 1 saturated heterocycles. The van der Waals surface area contributed by atoms with E-state index in [4.69, 9.17) is 32.7 Å². The van der Waals surface area contributed by atoms with Gasteiger partial charge in [-0.05, 0) is 30.3 Å². The number of halogens is 2. The quantitative estimate of drug-likeness (QED) is 0.566. The van der Waals surface area contributed by atoms with Crippen molar-refractivity contribution in [3.63, 3.8) is 0 Å². The first kappa shape index (κ1) is 22.8. The van der Waals surface area contributed by atoms with Crippen LogP contribution in [0, 0.1) is 0 Å². The number of amidine groups is 1. The van der Waals surface area contributed by atoms with E-state index in [0.29, 0.717) is 59.9 Å². The van der Waals surface area contributed by atoms with E-state index in [2.05, 4.69) is 9.30 Å². The van der Waals surface area contributed by atoms with Crippen LogP contribution in [0.3, 0.4) is 0 Å². The molecule has 0 aromatic heterocycles. The largest absolute Gasteiger partial charge is 0.480 e. The third kappa shape index (κ3) is 5.17. The Morgan fingerprint density at radius 3 is 2.56 bits per heavy atom. The van der Waals surface area contributed by atoms with Crippen molar-refractivity contribution in [2.45, 2.75) is 4.90 Å². The van der Waals surface area contributed by atoms with Crippen LogP contribution in [0.15, 0.2) is 51.8 Å². The lowest BCUT2D eigenvalue weighted by atomic mass is 10.1. The molecule has 0 atom stereocenters. The van der Waals surface area contributed by atoms with Gasteiger partial charge in [-0.15, -0.1) is 4.40 Å². The smallest absolute Gasteiger partial charge is 0.344 e. The Hall–Kier alpha value is -2.33. The second-order valence-electron chi connectivity index (χ2n) is 7.30. The Labute approximate surface area is 196 Å². The van der Waals surface area contributed by atoms with Gasteiger partial charge in [0.15, 0.2) is 12.4 Å². The van der Waals surface area contributed by atoms with E-state index in [9.17, 15) is 13.2 Å². The summed E-state index contributed by atoms with van der Waals surface area (Å²) in [5, 5.41) is 0.807. The van der Waals surface area contributed by atoms with Gasteiger partial charge in [-0.3, -0.25) is 4.90 Å². The highest BCUT2D eigenvalue weighted by molar-refractivity contribution is 7.90. The first-order valence-electron chi connectivity index (χ1n) is 9.99. The zero-order valence-electron chi connectivity index (χ0n) is 17.0. The molecular weight excluding hydrogens is 477 g/mol. The van der Waals surface area contributed by atoms with Gasteiger partial charge >= 0.3 is 5.97 Å². The molecule has 32 heavy (non-hydrogen) atoms. The van der Waals surface area contributed by atoms with Crippen molar-refractivity contribution < 1.29 is 22.7 Å². The number of sulfonamides is 1. The van der Waals surface area contributed by atoms with Crippen LogP contribution in [0.5, 0.6) is 5.75 Å². The first-order valence-corrected chi connectivity index (χ1v) is 12.2. The van der Waals surface area contributed by atoms with Gasteiger partial charge < -0.3 is 14.4 Å². The number of hydrogen-bond donors (Lipinski definition) is 0. The number of hydrogen-bond acceptors (Lipinski definition) is 7. The number of benzene rings is 2. The van der Waals surface area contributed by atoms with Crippen molar-refractivity contribution in [2.75, 3.05) is 45.9 Å². The minimum atomic E-state index is -3.62. The molecule has 2 heterocycles. The number of piperazine rings is 1. The number of fused-ring (bicyclic) bond motifs is 1. The number of esters is 1. The van der Waals surface area contributed by atoms with Crippen LogP contribution in [-0.2, 0) is 19.6 Å². The predicted octanol–water partition coefficient (Wildman–Crippen LogP) is 2.68. The second kappa shape index (κ2) is 9.66. The van der Waals surface area contributed by atoms with Gasteiger partial charge in [0.05, 0.1) is 5.02 Å². The van der Waals surface area contributed by atoms with Crippen LogP contribution < -0.4 is 4.74 Å². The van der Waals surface area contributed by atoms with Crippen molar-refractivity contribution in [1.29, 1.82) is 0 Å². The van der Waals surface area contributed by atoms with E-state index in [0.717, 1.165) is 0 Å². The molecule has 0 spiro atoms. The van der Waals surface area contributed by atoms with Gasteiger partial charge in [-0.25, -0.2) is 4.79 Å². The third-order valence-electron chi connectivity index (χ3n) is 5.19. The highest BCUT2D eigenvalue weighted by Crippen LogP contribution is 2.28. The number of rotatable bonds is 6. The van der Waals surface area contributed by atoms with E-state index in [-0.39, 0.29) is 18.1 Å². The molecule has 0 radical (unpaired) electrons. The topological polar surface area (TPSA) is 88.5 Å². The summed E-state index contributed by atoms with van der Waals surface area (Å²) in [6, 6.07) is 11.6. The highest BCUT2D eigenvalue weighted by Gasteiger charge is 2.32. The average molecular weight is 498 g/mol. The lowest BCUT2D eigenvalue weighted by Gasteiger charge is -2.35. The molecule has 4 rings (SSSR count). The molecule has 0 saturated carbocycles. The predicted molar refractivity (Wildman–Crippen MR) is 121 cm³/mol. The molecule has 170 valence electrons. The Balaban J connectivity index is 1.20. The number of carbonyl (C=O) groups is 1. The van der Waals surface area contributed by atoms with Gasteiger partial charge in [0, 0.05) is 43.3 Å². The zero-order valence-corrected chi connectivity index (χ0v) is 19.4. The van der Waals surface area contributed by atoms with Crippen LogP contribution in [0.4, 0.5) is 0 Å². The number of carbonyl (C=O) groups excluding carboxylic acids is 1. The van der Waals surface area contributed by atoms with E-state index in [1.807, 2.05) is 11.0 Å². The minimum Gasteiger partial charge on any atom is -0.480 e. The molecule has 0 amide bonds. The molecule has 0 aliphatic carbocycles. The molecule has 8 nitrogen and oxygen atoms in total. The minimum absolute atomic E-state index is 0.231. The maximum atomic E-state index is 12.3. The van der Waals surface area contributed by atoms with Gasteiger partial charge in [-0.1, -0.05) is 35.3 Å². The maximum absolute atomic E-state index is 12.3. The summed E-state index contributed by atoms with van der Waals surface area (Å²) in [5.41, 5.74) is 0.649. The third-order valence-corrected chi connectivity index (χ3v) is 7.05. The van der Waals surface area contributed by atoms with Crippen LogP contribution in [0.1, 0.15) is 5.56 Å². The van der Waals surface area contributed by atoms with Gasteiger partial charge in [0.2, 0.25) is 0 Å². The van der Waals surface area contributed by atoms with E-state index >= 15 is 0 Å². The summed E-state index contributed by atoms with van der Waals surface area (Å²) >= 11 is 11.8. The highest BCUT2D eigenvalue weighted by atomic mass is 35.5. The van der Waals surface area contributed by atoms with Crippen LogP contribution in [0.25, 0.3) is 0 Å². The standard InChI is InChI=1S/C21H21Cl2N3O5S/c22-15-5-6-18(17(23)13-15)31-14-20(27)30-12-11-25-7-9-26(10-8-25)21-16-3-1-2-4-19(16)32(28,29)24-21/h1-6,13H,7-12,14H2. The second-order valence-corrected chi connectivity index (χ2v) is 9.71. The fourth-order valence-corrected chi connectivity index (χ4v) is 5.25. The molecule has 1 fully saturated rings. The summed E-state index contributed by atoms with van der Waals surface area (Å²) in [6.45, 7) is 3.23. The van der Waals surface area contributed by atoms with Crippen molar-refractivity contribution in [1.82, 2.24) is 9.80 Å². The summed E-state index contributed by atoms with van der Waals surface area (Å²) < 4.78 is 39.1. The fourth-order valence-electron chi connectivity index (χ4n) is 3.56. The first-order chi connectivity index (χ1) is 15.3. The average Bonchev–Trinajstić information content (AvgIpc) is 3.05. The van der Waals surface area contributed by atoms with Gasteiger partial charge in [0.1, 0.15) is 17.3 Å². The number of ether oxygens (including phenoxy) is 2. The molecule has 2 aromatic rings. The summed E-state index contributed by atoms with van der Waals surface area (Å²) in [6.07, 6.45) is 0. The Bertz CT molecular complexity index is 1150. The molecule has 0 bridgehead atoms. The van der Waals surface area contributed by atoms with Crippen molar-refractivity contribution >= 4 is 45.0 Å². The normalized spacial score (nSPS) is 17.6. The van der Waals surface area contributed by atoms with Crippen molar-refractivity contribution in [3.05, 3.63) is 58.1 Å². The lowest BCUT2D eigenvalue weighted by Crippen LogP contribution is -2.49. The Morgan fingerprint density at radius 2 is 1.81 bits per heavy atom. The molecule has 0 unspecified atom stereocenters. The number of nitrogens with zero attached hydrogens (tertiary/aromatic N) is 3. The molecule has 11 heteroatoms. The summed E-state index contributed by atoms with van der Waals surface area (Å²) in [4.78, 5) is 16.3. The molecule has 2 aliphatic rings. The Morgan fingerprint density at radius 1 is 1.06 bits per heavy atom. The van der Waals surface area contributed by atoms with E-state index in [1.54, 1.807) is 30.3 Å². The lowest BCUT2D eigenvalue weighted by molar-refractivity contribution is -0.146. The van der Waals surface area contributed by atoms with Crippen molar-refractivity contribution in [2.24, 2.45) is 4.40 Å². The van der Waals surface area contributed by atoms with Crippen LogP contribution in [0.2, 0.25) is 10.0 Å². The summed E-state index contributed by atoms with van der Waals surface area (Å²) in [5.74, 6) is 0.379. The van der Waals surface area contributed by atoms with Gasteiger partial charge in [-0.2, -0.15) is 8.42 Å². The van der Waals surface area contributed by atoms with Crippen LogP contribution >= 0.6 is 23.2 Å². The summed E-state index contributed by atoms with van der Waals surface area (Å²) in [7, 11) is -3.62. The molecule has 2 aliphatic heterocycles. The van der Waals surface area contributed by atoms with E-state index < -0.39 is 16.0 Å². The SMILES string of the molecule is O=C(COc1ccc(Cl)cc1Cl)OCCN1CCN(C2=NS(=O)(=O)c3ccccc32)CC1. The molecule has 2 aromatic carbocycles. The van der Waals surface area contributed by atoms with E-state index in [1.165, 1.54) is 6.07 Å². The van der Waals surface area contributed by atoms with Gasteiger partial charge in [0.25, 0.3) is 10.0 Å². The zero-order chi connectivity index (χ0) is 22.7. The molecular formula is C21H21Cl2N3O5S. The van der Waals surface area contributed by atoms with Crippen molar-refractivity contribution in [3.8, 4) is 5.75 Å².